The predicted molar refractivity (Wildman–Crippen MR) is 66.0 cm³/mol. The van der Waals surface area contributed by atoms with Gasteiger partial charge < -0.3 is 9.47 Å². The number of benzene rings is 1. The second-order valence-electron chi connectivity index (χ2n) is 4.00. The number of allylic oxidation sites excluding steroid dienone is 2. The fourth-order valence-electron chi connectivity index (χ4n) is 2.03. The summed E-state index contributed by atoms with van der Waals surface area (Å²) in [6.07, 6.45) is 6.28. The predicted octanol–water partition coefficient (Wildman–Crippen LogP) is 2.78. The second-order valence-corrected chi connectivity index (χ2v) is 4.00. The molecule has 0 aliphatic heterocycles. The Kier molecular flexibility index (Phi) is 3.47. The van der Waals surface area contributed by atoms with Crippen LogP contribution in [0.5, 0.6) is 11.5 Å². The quantitative estimate of drug-likeness (QED) is 0.735. The molecular weight excluding hydrogens is 216 g/mol. The van der Waals surface area contributed by atoms with Crippen molar-refractivity contribution in [2.75, 3.05) is 14.2 Å². The molecule has 1 aromatic carbocycles. The number of carbonyl (C=O) groups is 1. The molecule has 0 atom stereocenters. The highest BCUT2D eigenvalue weighted by atomic mass is 16.5. The first-order valence-corrected chi connectivity index (χ1v) is 5.69. The van der Waals surface area contributed by atoms with E-state index in [2.05, 4.69) is 12.2 Å². The Morgan fingerprint density at radius 1 is 1.06 bits per heavy atom. The fraction of sp³-hybridized carbons (Fsp3) is 0.357. The van der Waals surface area contributed by atoms with E-state index >= 15 is 0 Å². The van der Waals surface area contributed by atoms with E-state index in [0.717, 1.165) is 24.0 Å². The summed E-state index contributed by atoms with van der Waals surface area (Å²) in [4.78, 5) is 12.0. The largest absolute Gasteiger partial charge is 0.493 e. The summed E-state index contributed by atoms with van der Waals surface area (Å²) in [5.74, 6) is 1.46. The Balaban J connectivity index is 2.52. The van der Waals surface area contributed by atoms with E-state index in [0.29, 0.717) is 17.9 Å². The van der Waals surface area contributed by atoms with Crippen molar-refractivity contribution < 1.29 is 14.3 Å². The summed E-state index contributed by atoms with van der Waals surface area (Å²) in [6, 6.07) is 3.68. The Hall–Kier alpha value is -1.77. The molecule has 0 saturated heterocycles. The maximum absolute atomic E-state index is 12.0. The van der Waals surface area contributed by atoms with Gasteiger partial charge in [-0.2, -0.15) is 0 Å². The van der Waals surface area contributed by atoms with Crippen molar-refractivity contribution in [3.63, 3.8) is 0 Å². The molecule has 0 saturated carbocycles. The number of ether oxygens (including phenoxy) is 2. The van der Waals surface area contributed by atoms with Gasteiger partial charge in [0.1, 0.15) is 0 Å². The number of hydrogen-bond donors (Lipinski definition) is 0. The third-order valence-electron chi connectivity index (χ3n) is 2.95. The van der Waals surface area contributed by atoms with Crippen LogP contribution in [0.1, 0.15) is 28.8 Å². The molecular formula is C14H16O3. The third-order valence-corrected chi connectivity index (χ3v) is 2.95. The van der Waals surface area contributed by atoms with E-state index in [-0.39, 0.29) is 5.78 Å². The van der Waals surface area contributed by atoms with Gasteiger partial charge in [0, 0.05) is 12.0 Å². The summed E-state index contributed by atoms with van der Waals surface area (Å²) in [7, 11) is 3.18. The molecule has 1 aliphatic rings. The molecule has 1 aliphatic carbocycles. The van der Waals surface area contributed by atoms with E-state index in [1.165, 1.54) is 0 Å². The van der Waals surface area contributed by atoms with Gasteiger partial charge in [-0.05, 0) is 30.5 Å². The molecule has 0 amide bonds. The van der Waals surface area contributed by atoms with Crippen LogP contribution in [-0.4, -0.2) is 20.0 Å². The van der Waals surface area contributed by atoms with Crippen LogP contribution < -0.4 is 9.47 Å². The molecule has 17 heavy (non-hydrogen) atoms. The molecule has 3 nitrogen and oxygen atoms in total. The van der Waals surface area contributed by atoms with Gasteiger partial charge in [0.25, 0.3) is 0 Å². The van der Waals surface area contributed by atoms with Gasteiger partial charge in [0.15, 0.2) is 17.3 Å². The highest BCUT2D eigenvalue weighted by Crippen LogP contribution is 2.32. The van der Waals surface area contributed by atoms with Gasteiger partial charge in [-0.25, -0.2) is 0 Å². The van der Waals surface area contributed by atoms with Gasteiger partial charge in [-0.15, -0.1) is 0 Å². The molecule has 0 spiro atoms. The summed E-state index contributed by atoms with van der Waals surface area (Å²) >= 11 is 0. The molecule has 0 fully saturated rings. The van der Waals surface area contributed by atoms with E-state index < -0.39 is 0 Å². The zero-order valence-electron chi connectivity index (χ0n) is 10.2. The zero-order valence-corrected chi connectivity index (χ0v) is 10.2. The highest BCUT2D eigenvalue weighted by molar-refractivity contribution is 5.98. The average Bonchev–Trinajstić information content (AvgIpc) is 2.35. The van der Waals surface area contributed by atoms with Crippen molar-refractivity contribution in [2.24, 2.45) is 0 Å². The zero-order chi connectivity index (χ0) is 12.3. The van der Waals surface area contributed by atoms with E-state index in [1.807, 2.05) is 6.07 Å². The smallest absolute Gasteiger partial charge is 0.163 e. The molecule has 2 rings (SSSR count). The molecule has 1 aromatic rings. The second kappa shape index (κ2) is 5.04. The van der Waals surface area contributed by atoms with E-state index in [4.69, 9.17) is 9.47 Å². The van der Waals surface area contributed by atoms with Crippen molar-refractivity contribution in [1.29, 1.82) is 0 Å². The third kappa shape index (κ3) is 2.33. The number of fused-ring (bicyclic) bond motifs is 1. The van der Waals surface area contributed by atoms with Gasteiger partial charge in [0.2, 0.25) is 0 Å². The Morgan fingerprint density at radius 2 is 1.76 bits per heavy atom. The molecule has 90 valence electrons. The van der Waals surface area contributed by atoms with Crippen LogP contribution in [0.2, 0.25) is 0 Å². The Labute approximate surface area is 101 Å². The van der Waals surface area contributed by atoms with Crippen LogP contribution in [0.4, 0.5) is 0 Å². The Morgan fingerprint density at radius 3 is 2.47 bits per heavy atom. The standard InChI is InChI=1S/C14H16O3/c1-16-13-8-10-6-4-3-5-7-12(15)11(10)9-14(13)17-2/h3-4,8-9H,5-7H2,1-2H3/b4-3-. The molecule has 0 radical (unpaired) electrons. The number of ketones is 1. The maximum atomic E-state index is 12.0. The topological polar surface area (TPSA) is 35.5 Å². The Bertz CT molecular complexity index is 461. The van der Waals surface area contributed by atoms with Gasteiger partial charge >= 0.3 is 0 Å². The number of rotatable bonds is 2. The summed E-state index contributed by atoms with van der Waals surface area (Å²) in [5.41, 5.74) is 1.76. The van der Waals surface area contributed by atoms with Crippen molar-refractivity contribution in [1.82, 2.24) is 0 Å². The lowest BCUT2D eigenvalue weighted by Crippen LogP contribution is -2.06. The van der Waals surface area contributed by atoms with Gasteiger partial charge in [-0.1, -0.05) is 12.2 Å². The van der Waals surface area contributed by atoms with Crippen LogP contribution in [0.15, 0.2) is 24.3 Å². The van der Waals surface area contributed by atoms with Crippen molar-refractivity contribution in [3.05, 3.63) is 35.4 Å². The SMILES string of the molecule is COc1cc2c(cc1OC)C(=O)CC/C=C\C2. The first-order chi connectivity index (χ1) is 8.26. The van der Waals surface area contributed by atoms with Gasteiger partial charge in [-0.3, -0.25) is 4.79 Å². The fourth-order valence-corrected chi connectivity index (χ4v) is 2.03. The molecule has 0 bridgehead atoms. The average molecular weight is 232 g/mol. The minimum absolute atomic E-state index is 0.172. The lowest BCUT2D eigenvalue weighted by molar-refractivity contribution is 0.0982. The summed E-state index contributed by atoms with van der Waals surface area (Å²) in [5, 5.41) is 0. The molecule has 0 unspecified atom stereocenters. The summed E-state index contributed by atoms with van der Waals surface area (Å²) in [6.45, 7) is 0. The lowest BCUT2D eigenvalue weighted by Gasteiger charge is -2.14. The minimum atomic E-state index is 0.172. The number of carbonyl (C=O) groups excluding carboxylic acids is 1. The number of methoxy groups -OCH3 is 2. The lowest BCUT2D eigenvalue weighted by atomic mass is 9.95. The van der Waals surface area contributed by atoms with Crippen LogP contribution in [-0.2, 0) is 6.42 Å². The van der Waals surface area contributed by atoms with E-state index in [1.54, 1.807) is 20.3 Å². The van der Waals surface area contributed by atoms with Crippen LogP contribution >= 0.6 is 0 Å². The van der Waals surface area contributed by atoms with Gasteiger partial charge in [0.05, 0.1) is 14.2 Å². The van der Waals surface area contributed by atoms with Crippen molar-refractivity contribution in [3.8, 4) is 11.5 Å². The molecule has 0 heterocycles. The van der Waals surface area contributed by atoms with E-state index in [9.17, 15) is 4.79 Å². The van der Waals surface area contributed by atoms with Crippen molar-refractivity contribution in [2.45, 2.75) is 19.3 Å². The number of hydrogen-bond acceptors (Lipinski definition) is 3. The first kappa shape index (κ1) is 11.7. The molecule has 0 aromatic heterocycles. The van der Waals surface area contributed by atoms with Crippen LogP contribution in [0, 0.1) is 0 Å². The minimum Gasteiger partial charge on any atom is -0.493 e. The summed E-state index contributed by atoms with van der Waals surface area (Å²) < 4.78 is 10.5. The van der Waals surface area contributed by atoms with Crippen LogP contribution in [0.25, 0.3) is 0 Å². The normalized spacial score (nSPS) is 16.7. The van der Waals surface area contributed by atoms with Crippen LogP contribution in [0.3, 0.4) is 0 Å². The monoisotopic (exact) mass is 232 g/mol. The number of Topliss-reactive ketones (excluding diaryl/α,β-unsaturated/α-hetero) is 1. The van der Waals surface area contributed by atoms with Crippen molar-refractivity contribution >= 4 is 5.78 Å². The maximum Gasteiger partial charge on any atom is 0.163 e. The molecule has 0 N–H and O–H groups in total. The molecule has 3 heteroatoms. The first-order valence-electron chi connectivity index (χ1n) is 5.69. The highest BCUT2D eigenvalue weighted by Gasteiger charge is 2.16.